The molecular formula is C20H25N5O2. The van der Waals surface area contributed by atoms with Crippen molar-refractivity contribution in [2.75, 3.05) is 26.2 Å². The number of carbonyl (C=O) groups excluding carboxylic acids is 2. The molecule has 4 heterocycles. The van der Waals surface area contributed by atoms with Crippen molar-refractivity contribution in [2.45, 2.75) is 31.6 Å². The minimum atomic E-state index is 0.0204. The topological polar surface area (TPSA) is 82.2 Å². The van der Waals surface area contributed by atoms with Gasteiger partial charge in [0.25, 0.3) is 5.91 Å². The minimum Gasteiger partial charge on any atom is -0.342 e. The van der Waals surface area contributed by atoms with Gasteiger partial charge in [0.05, 0.1) is 0 Å². The number of aromatic amines is 1. The molecule has 1 unspecified atom stereocenters. The van der Waals surface area contributed by atoms with Gasteiger partial charge in [-0.3, -0.25) is 19.7 Å². The molecule has 2 aromatic rings. The van der Waals surface area contributed by atoms with Crippen LogP contribution in [0.25, 0.3) is 0 Å². The van der Waals surface area contributed by atoms with E-state index in [-0.39, 0.29) is 17.7 Å². The largest absolute Gasteiger partial charge is 0.342 e. The Morgan fingerprint density at radius 3 is 2.44 bits per heavy atom. The summed E-state index contributed by atoms with van der Waals surface area (Å²) >= 11 is 0. The summed E-state index contributed by atoms with van der Waals surface area (Å²) in [6.07, 6.45) is 8.62. The normalized spacial score (nSPS) is 21.3. The lowest BCUT2D eigenvalue weighted by Gasteiger charge is -2.37. The van der Waals surface area contributed by atoms with Crippen LogP contribution in [0.4, 0.5) is 0 Å². The molecule has 0 radical (unpaired) electrons. The summed E-state index contributed by atoms with van der Waals surface area (Å²) in [5.41, 5.74) is 1.78. The average molecular weight is 367 g/mol. The number of hydrogen-bond donors (Lipinski definition) is 1. The summed E-state index contributed by atoms with van der Waals surface area (Å²) in [6, 6.07) is 5.48. The van der Waals surface area contributed by atoms with Crippen LogP contribution in [0.15, 0.2) is 36.8 Å². The van der Waals surface area contributed by atoms with E-state index < -0.39 is 0 Å². The molecule has 142 valence electrons. The maximum atomic E-state index is 13.0. The van der Waals surface area contributed by atoms with Gasteiger partial charge < -0.3 is 9.80 Å². The van der Waals surface area contributed by atoms with Crippen LogP contribution in [0.3, 0.4) is 0 Å². The van der Waals surface area contributed by atoms with Gasteiger partial charge >= 0.3 is 0 Å². The third-order valence-corrected chi connectivity index (χ3v) is 5.75. The number of hydrogen-bond acceptors (Lipinski definition) is 4. The highest BCUT2D eigenvalue weighted by molar-refractivity contribution is 5.94. The third kappa shape index (κ3) is 3.86. The lowest BCUT2D eigenvalue weighted by Crippen LogP contribution is -2.47. The highest BCUT2D eigenvalue weighted by Gasteiger charge is 2.33. The second-order valence-corrected chi connectivity index (χ2v) is 7.44. The zero-order chi connectivity index (χ0) is 18.6. The number of carbonyl (C=O) groups is 2. The van der Waals surface area contributed by atoms with E-state index in [0.717, 1.165) is 44.5 Å². The van der Waals surface area contributed by atoms with Crippen molar-refractivity contribution in [1.29, 1.82) is 0 Å². The first-order valence-corrected chi connectivity index (χ1v) is 9.69. The second-order valence-electron chi connectivity index (χ2n) is 7.44. The van der Waals surface area contributed by atoms with E-state index in [1.807, 2.05) is 15.9 Å². The summed E-state index contributed by atoms with van der Waals surface area (Å²) in [4.78, 5) is 33.4. The number of rotatable bonds is 3. The molecule has 0 saturated carbocycles. The summed E-state index contributed by atoms with van der Waals surface area (Å²) in [6.45, 7) is 2.86. The van der Waals surface area contributed by atoms with Gasteiger partial charge in [-0.05, 0) is 43.9 Å². The fourth-order valence-corrected chi connectivity index (χ4v) is 4.19. The van der Waals surface area contributed by atoms with E-state index in [2.05, 4.69) is 15.2 Å². The third-order valence-electron chi connectivity index (χ3n) is 5.75. The van der Waals surface area contributed by atoms with Crippen LogP contribution >= 0.6 is 0 Å². The first kappa shape index (κ1) is 17.7. The lowest BCUT2D eigenvalue weighted by atomic mass is 9.91. The number of nitrogens with one attached hydrogen (secondary N) is 1. The SMILES string of the molecule is O=C(c1ccncc1)N1CCC(C(=O)N2CCCC(c3ccn[nH]3)C2)CC1. The summed E-state index contributed by atoms with van der Waals surface area (Å²) in [5, 5.41) is 7.08. The quantitative estimate of drug-likeness (QED) is 0.900. The Morgan fingerprint density at radius 1 is 0.963 bits per heavy atom. The van der Waals surface area contributed by atoms with Crippen molar-refractivity contribution in [3.05, 3.63) is 48.0 Å². The molecule has 2 saturated heterocycles. The maximum Gasteiger partial charge on any atom is 0.253 e. The molecule has 2 amide bonds. The Hall–Kier alpha value is -2.70. The van der Waals surface area contributed by atoms with E-state index in [1.54, 1.807) is 30.7 Å². The van der Waals surface area contributed by atoms with E-state index in [9.17, 15) is 9.59 Å². The van der Waals surface area contributed by atoms with Crippen LogP contribution in [0, 0.1) is 5.92 Å². The maximum absolute atomic E-state index is 13.0. The van der Waals surface area contributed by atoms with Gasteiger partial charge in [0.2, 0.25) is 5.91 Å². The number of aromatic nitrogens is 3. The van der Waals surface area contributed by atoms with E-state index in [4.69, 9.17) is 0 Å². The number of likely N-dealkylation sites (tertiary alicyclic amines) is 2. The van der Waals surface area contributed by atoms with Gasteiger partial charge in [-0.1, -0.05) is 0 Å². The standard InChI is InChI=1S/C20H25N5O2/c26-19(15-3-8-21-9-4-15)24-12-6-16(7-13-24)20(27)25-11-1-2-17(14-25)18-5-10-22-23-18/h3-5,8-10,16-17H,1-2,6-7,11-14H2,(H,22,23). The number of H-pyrrole nitrogens is 1. The summed E-state index contributed by atoms with van der Waals surface area (Å²) in [7, 11) is 0. The molecule has 1 atom stereocenters. The Balaban J connectivity index is 1.32. The van der Waals surface area contributed by atoms with E-state index >= 15 is 0 Å². The molecule has 0 bridgehead atoms. The van der Waals surface area contributed by atoms with Crippen LogP contribution in [0.5, 0.6) is 0 Å². The molecule has 27 heavy (non-hydrogen) atoms. The van der Waals surface area contributed by atoms with E-state index in [1.165, 1.54) is 0 Å². The van der Waals surface area contributed by atoms with Crippen molar-refractivity contribution >= 4 is 11.8 Å². The monoisotopic (exact) mass is 367 g/mol. The van der Waals surface area contributed by atoms with Crippen LogP contribution < -0.4 is 0 Å². The number of amides is 2. The minimum absolute atomic E-state index is 0.0204. The number of pyridine rings is 1. The van der Waals surface area contributed by atoms with Gasteiger partial charge in [-0.15, -0.1) is 0 Å². The Bertz CT molecular complexity index is 769. The van der Waals surface area contributed by atoms with Crippen LogP contribution in [-0.4, -0.2) is 63.0 Å². The molecule has 2 aromatic heterocycles. The van der Waals surface area contributed by atoms with Gasteiger partial charge in [0, 0.05) is 67.9 Å². The smallest absolute Gasteiger partial charge is 0.253 e. The molecule has 4 rings (SSSR count). The molecule has 7 heteroatoms. The fourth-order valence-electron chi connectivity index (χ4n) is 4.19. The summed E-state index contributed by atoms with van der Waals surface area (Å²) < 4.78 is 0. The zero-order valence-electron chi connectivity index (χ0n) is 15.4. The Labute approximate surface area is 158 Å². The van der Waals surface area contributed by atoms with Gasteiger partial charge in [-0.2, -0.15) is 5.10 Å². The van der Waals surface area contributed by atoms with Crippen LogP contribution in [-0.2, 0) is 4.79 Å². The predicted octanol–water partition coefficient (Wildman–Crippen LogP) is 2.06. The van der Waals surface area contributed by atoms with Crippen molar-refractivity contribution in [3.63, 3.8) is 0 Å². The molecule has 0 aliphatic carbocycles. The fraction of sp³-hybridized carbons (Fsp3) is 0.500. The highest BCUT2D eigenvalue weighted by atomic mass is 16.2. The van der Waals surface area contributed by atoms with Gasteiger partial charge in [0.15, 0.2) is 0 Å². The first-order valence-electron chi connectivity index (χ1n) is 9.69. The molecule has 0 spiro atoms. The Kier molecular flexibility index (Phi) is 5.18. The molecule has 2 aliphatic heterocycles. The second kappa shape index (κ2) is 7.90. The first-order chi connectivity index (χ1) is 13.2. The van der Waals surface area contributed by atoms with Crippen molar-refractivity contribution in [3.8, 4) is 0 Å². The molecular weight excluding hydrogens is 342 g/mol. The highest BCUT2D eigenvalue weighted by Crippen LogP contribution is 2.28. The van der Waals surface area contributed by atoms with Crippen molar-refractivity contribution < 1.29 is 9.59 Å². The molecule has 2 aliphatic rings. The predicted molar refractivity (Wildman–Crippen MR) is 100 cm³/mol. The van der Waals surface area contributed by atoms with Gasteiger partial charge in [0.1, 0.15) is 0 Å². The van der Waals surface area contributed by atoms with Crippen molar-refractivity contribution in [1.82, 2.24) is 25.0 Å². The average Bonchev–Trinajstić information content (AvgIpc) is 3.29. The molecule has 2 fully saturated rings. The van der Waals surface area contributed by atoms with Crippen molar-refractivity contribution in [2.24, 2.45) is 5.92 Å². The van der Waals surface area contributed by atoms with Crippen LogP contribution in [0.1, 0.15) is 47.7 Å². The summed E-state index contributed by atoms with van der Waals surface area (Å²) in [5.74, 6) is 0.640. The lowest BCUT2D eigenvalue weighted by molar-refractivity contribution is -0.138. The number of piperidine rings is 2. The van der Waals surface area contributed by atoms with E-state index in [0.29, 0.717) is 24.6 Å². The molecule has 7 nitrogen and oxygen atoms in total. The molecule has 0 aromatic carbocycles. The number of nitrogens with zero attached hydrogens (tertiary/aromatic N) is 4. The molecule has 1 N–H and O–H groups in total. The van der Waals surface area contributed by atoms with Crippen LogP contribution in [0.2, 0.25) is 0 Å². The van der Waals surface area contributed by atoms with Gasteiger partial charge in [-0.25, -0.2) is 0 Å². The Morgan fingerprint density at radius 2 is 1.74 bits per heavy atom. The zero-order valence-corrected chi connectivity index (χ0v) is 15.4.